The first-order valence-corrected chi connectivity index (χ1v) is 11.0. The quantitative estimate of drug-likeness (QED) is 0.319. The fourth-order valence-electron chi connectivity index (χ4n) is 3.04. The molecule has 3 aromatic rings. The van der Waals surface area contributed by atoms with Crippen molar-refractivity contribution in [3.05, 3.63) is 94.0 Å². The topological polar surface area (TPSA) is 53.9 Å². The van der Waals surface area contributed by atoms with Gasteiger partial charge in [0.05, 0.1) is 6.21 Å². The van der Waals surface area contributed by atoms with Crippen LogP contribution < -0.4 is 15.1 Å². The molecule has 0 fully saturated rings. The van der Waals surface area contributed by atoms with Gasteiger partial charge >= 0.3 is 0 Å². The smallest absolute Gasteiger partial charge is 0.271 e. The second-order valence-corrected chi connectivity index (χ2v) is 7.82. The van der Waals surface area contributed by atoms with Crippen LogP contribution in [0.2, 0.25) is 0 Å². The maximum Gasteiger partial charge on any atom is 0.271 e. The van der Waals surface area contributed by atoms with Crippen LogP contribution in [0.25, 0.3) is 0 Å². The molecule has 0 radical (unpaired) electrons. The second kappa shape index (κ2) is 11.3. The van der Waals surface area contributed by atoms with E-state index in [9.17, 15) is 4.79 Å². The van der Waals surface area contributed by atoms with Crippen LogP contribution >= 0.6 is 15.9 Å². The normalized spacial score (nSPS) is 10.8. The van der Waals surface area contributed by atoms with Gasteiger partial charge < -0.3 is 9.64 Å². The SMILES string of the molecule is CCN(CC)c1ccc(/C=N/NC(=O)c2ccc(OCc3ccc(Br)cc3)cc2)cc1. The number of benzene rings is 3. The minimum atomic E-state index is -0.268. The lowest BCUT2D eigenvalue weighted by atomic mass is 10.2. The molecule has 0 heterocycles. The predicted octanol–water partition coefficient (Wildman–Crippen LogP) is 5.64. The first kappa shape index (κ1) is 22.6. The van der Waals surface area contributed by atoms with Crippen LogP contribution in [-0.2, 0) is 6.61 Å². The van der Waals surface area contributed by atoms with Crippen molar-refractivity contribution in [1.82, 2.24) is 5.43 Å². The molecule has 1 amide bonds. The molecule has 0 saturated carbocycles. The van der Waals surface area contributed by atoms with Gasteiger partial charge in [0.25, 0.3) is 5.91 Å². The van der Waals surface area contributed by atoms with Crippen LogP contribution in [0.4, 0.5) is 5.69 Å². The highest BCUT2D eigenvalue weighted by molar-refractivity contribution is 9.10. The molecular formula is C25H26BrN3O2. The fraction of sp³-hybridized carbons (Fsp3) is 0.200. The molecule has 0 aliphatic heterocycles. The molecule has 3 aromatic carbocycles. The number of rotatable bonds is 9. The number of nitrogens with zero attached hydrogens (tertiary/aromatic N) is 2. The minimum Gasteiger partial charge on any atom is -0.489 e. The van der Waals surface area contributed by atoms with Gasteiger partial charge in [-0.15, -0.1) is 0 Å². The highest BCUT2D eigenvalue weighted by Gasteiger charge is 2.05. The summed E-state index contributed by atoms with van der Waals surface area (Å²) >= 11 is 3.42. The summed E-state index contributed by atoms with van der Waals surface area (Å²) in [5.74, 6) is 0.437. The van der Waals surface area contributed by atoms with E-state index in [1.807, 2.05) is 36.4 Å². The first-order chi connectivity index (χ1) is 15.1. The molecule has 160 valence electrons. The molecule has 0 unspecified atom stereocenters. The van der Waals surface area contributed by atoms with Crippen molar-refractivity contribution in [2.75, 3.05) is 18.0 Å². The average Bonchev–Trinajstić information content (AvgIpc) is 2.81. The van der Waals surface area contributed by atoms with Gasteiger partial charge in [-0.2, -0.15) is 5.10 Å². The Hall–Kier alpha value is -3.12. The number of carbonyl (C=O) groups excluding carboxylic acids is 1. The highest BCUT2D eigenvalue weighted by atomic mass is 79.9. The highest BCUT2D eigenvalue weighted by Crippen LogP contribution is 2.16. The van der Waals surface area contributed by atoms with Gasteiger partial charge in [0.1, 0.15) is 12.4 Å². The number of ether oxygens (including phenoxy) is 1. The Morgan fingerprint density at radius 1 is 0.968 bits per heavy atom. The van der Waals surface area contributed by atoms with Crippen molar-refractivity contribution in [3.8, 4) is 5.75 Å². The molecule has 0 atom stereocenters. The molecule has 0 spiro atoms. The van der Waals surface area contributed by atoms with Crippen LogP contribution in [0.5, 0.6) is 5.75 Å². The Morgan fingerprint density at radius 3 is 2.23 bits per heavy atom. The van der Waals surface area contributed by atoms with E-state index < -0.39 is 0 Å². The van der Waals surface area contributed by atoms with E-state index in [2.05, 4.69) is 57.3 Å². The maximum absolute atomic E-state index is 12.3. The van der Waals surface area contributed by atoms with E-state index >= 15 is 0 Å². The third kappa shape index (κ3) is 6.69. The van der Waals surface area contributed by atoms with Gasteiger partial charge in [-0.05, 0) is 73.5 Å². The lowest BCUT2D eigenvalue weighted by molar-refractivity contribution is 0.0955. The molecule has 0 bridgehead atoms. The number of hydrogen-bond donors (Lipinski definition) is 1. The Bertz CT molecular complexity index is 996. The zero-order valence-electron chi connectivity index (χ0n) is 17.7. The summed E-state index contributed by atoms with van der Waals surface area (Å²) in [6.45, 7) is 6.67. The van der Waals surface area contributed by atoms with E-state index in [1.54, 1.807) is 30.5 Å². The lowest BCUT2D eigenvalue weighted by Crippen LogP contribution is -2.21. The fourth-order valence-corrected chi connectivity index (χ4v) is 3.30. The van der Waals surface area contributed by atoms with Crippen LogP contribution in [0.15, 0.2) is 82.4 Å². The van der Waals surface area contributed by atoms with Crippen molar-refractivity contribution >= 4 is 33.7 Å². The zero-order valence-corrected chi connectivity index (χ0v) is 19.3. The number of nitrogens with one attached hydrogen (secondary N) is 1. The van der Waals surface area contributed by atoms with Crippen molar-refractivity contribution in [1.29, 1.82) is 0 Å². The molecule has 5 nitrogen and oxygen atoms in total. The summed E-state index contributed by atoms with van der Waals surface area (Å²) < 4.78 is 6.80. The Labute approximate surface area is 191 Å². The van der Waals surface area contributed by atoms with Crippen LogP contribution in [0, 0.1) is 0 Å². The molecule has 3 rings (SSSR count). The molecule has 0 aliphatic carbocycles. The van der Waals surface area contributed by atoms with Crippen LogP contribution in [-0.4, -0.2) is 25.2 Å². The number of amides is 1. The van der Waals surface area contributed by atoms with Gasteiger partial charge in [0.15, 0.2) is 0 Å². The third-order valence-corrected chi connectivity index (χ3v) is 5.37. The molecule has 6 heteroatoms. The molecule has 0 saturated heterocycles. The first-order valence-electron chi connectivity index (χ1n) is 10.2. The molecule has 31 heavy (non-hydrogen) atoms. The van der Waals surface area contributed by atoms with Crippen molar-refractivity contribution < 1.29 is 9.53 Å². The van der Waals surface area contributed by atoms with Crippen LogP contribution in [0.1, 0.15) is 35.3 Å². The molecular weight excluding hydrogens is 454 g/mol. The maximum atomic E-state index is 12.3. The Kier molecular flexibility index (Phi) is 8.24. The van der Waals surface area contributed by atoms with E-state index in [0.29, 0.717) is 17.9 Å². The third-order valence-electron chi connectivity index (χ3n) is 4.84. The number of hydrogen-bond acceptors (Lipinski definition) is 4. The number of carbonyl (C=O) groups is 1. The van der Waals surface area contributed by atoms with Crippen molar-refractivity contribution in [3.63, 3.8) is 0 Å². The van der Waals surface area contributed by atoms with E-state index in [-0.39, 0.29) is 5.91 Å². The number of anilines is 1. The summed E-state index contributed by atoms with van der Waals surface area (Å²) in [5.41, 5.74) is 6.26. The van der Waals surface area contributed by atoms with Crippen molar-refractivity contribution in [2.24, 2.45) is 5.10 Å². The molecule has 1 N–H and O–H groups in total. The van der Waals surface area contributed by atoms with E-state index in [4.69, 9.17) is 4.74 Å². The Balaban J connectivity index is 1.50. The van der Waals surface area contributed by atoms with Gasteiger partial charge in [0.2, 0.25) is 0 Å². The predicted molar refractivity (Wildman–Crippen MR) is 130 cm³/mol. The van der Waals surface area contributed by atoms with E-state index in [1.165, 1.54) is 5.69 Å². The summed E-state index contributed by atoms with van der Waals surface area (Å²) in [6.07, 6.45) is 1.64. The summed E-state index contributed by atoms with van der Waals surface area (Å²) in [4.78, 5) is 14.6. The number of hydrazone groups is 1. The van der Waals surface area contributed by atoms with Gasteiger partial charge in [0, 0.05) is 28.8 Å². The number of halogens is 1. The second-order valence-electron chi connectivity index (χ2n) is 6.90. The van der Waals surface area contributed by atoms with Crippen molar-refractivity contribution in [2.45, 2.75) is 20.5 Å². The summed E-state index contributed by atoms with van der Waals surface area (Å²) in [7, 11) is 0. The molecule has 0 aromatic heterocycles. The van der Waals surface area contributed by atoms with E-state index in [0.717, 1.165) is 28.7 Å². The van der Waals surface area contributed by atoms with Gasteiger partial charge in [-0.1, -0.05) is 40.2 Å². The van der Waals surface area contributed by atoms with Crippen LogP contribution in [0.3, 0.4) is 0 Å². The van der Waals surface area contributed by atoms with Gasteiger partial charge in [-0.25, -0.2) is 5.43 Å². The summed E-state index contributed by atoms with van der Waals surface area (Å²) in [6, 6.07) is 23.1. The zero-order chi connectivity index (χ0) is 22.1. The van der Waals surface area contributed by atoms with Gasteiger partial charge in [-0.3, -0.25) is 4.79 Å². The monoisotopic (exact) mass is 479 g/mol. The lowest BCUT2D eigenvalue weighted by Gasteiger charge is -2.20. The molecule has 0 aliphatic rings. The standard InChI is InChI=1S/C25H26BrN3O2/c1-3-29(4-2)23-13-7-19(8-14-23)17-27-28-25(30)21-9-15-24(16-10-21)31-18-20-5-11-22(26)12-6-20/h5-17H,3-4,18H2,1-2H3,(H,28,30)/b27-17+. The Morgan fingerprint density at radius 2 is 1.61 bits per heavy atom. The largest absolute Gasteiger partial charge is 0.489 e. The summed E-state index contributed by atoms with van der Waals surface area (Å²) in [5, 5.41) is 4.07. The minimum absolute atomic E-state index is 0.268. The average molecular weight is 480 g/mol.